The summed E-state index contributed by atoms with van der Waals surface area (Å²) in [7, 11) is 0. The van der Waals surface area contributed by atoms with Crippen molar-refractivity contribution in [3.05, 3.63) is 30.3 Å². The van der Waals surface area contributed by atoms with Crippen LogP contribution in [0.15, 0.2) is 30.3 Å². The van der Waals surface area contributed by atoms with Crippen LogP contribution in [0.25, 0.3) is 0 Å². The summed E-state index contributed by atoms with van der Waals surface area (Å²) in [4.78, 5) is 10.2. The van der Waals surface area contributed by atoms with Crippen LogP contribution >= 0.6 is 0 Å². The van der Waals surface area contributed by atoms with Gasteiger partial charge in [0.05, 0.1) is 0 Å². The summed E-state index contributed by atoms with van der Waals surface area (Å²) in [6.07, 6.45) is 0. The lowest BCUT2D eigenvalue weighted by atomic mass is 10.3. The number of hydrogen-bond acceptors (Lipinski definition) is 3. The number of hydrogen-bond donors (Lipinski definition) is 2. The molecule has 12 heavy (non-hydrogen) atoms. The van der Waals surface area contributed by atoms with Gasteiger partial charge < -0.3 is 9.84 Å². The Labute approximate surface area is 68.9 Å². The lowest BCUT2D eigenvalue weighted by Crippen LogP contribution is -2.18. The molecule has 4 nitrogen and oxygen atoms in total. The molecule has 1 rings (SSSR count). The van der Waals surface area contributed by atoms with Crippen molar-refractivity contribution >= 4 is 11.9 Å². The monoisotopic (exact) mass is 165 g/mol. The van der Waals surface area contributed by atoms with Gasteiger partial charge in [-0.25, -0.2) is 4.79 Å². The average Bonchev–Trinajstić information content (AvgIpc) is 2.06. The van der Waals surface area contributed by atoms with Gasteiger partial charge in [-0.2, -0.15) is 0 Å². The standard InChI is InChI=1S/C8H7NO3/c9-7(8(10)11)12-6-4-2-1-3-5-6/h1-5,9H,(H,10,11). The van der Waals surface area contributed by atoms with E-state index in [9.17, 15) is 4.79 Å². The number of carboxylic acid groups (broad SMARTS) is 1. The van der Waals surface area contributed by atoms with E-state index in [2.05, 4.69) is 4.74 Å². The number of carboxylic acids is 1. The molecule has 0 heterocycles. The van der Waals surface area contributed by atoms with Gasteiger partial charge in [0.2, 0.25) is 0 Å². The number of benzene rings is 1. The number of para-hydroxylation sites is 1. The molecule has 0 aromatic heterocycles. The summed E-state index contributed by atoms with van der Waals surface area (Å²) in [6.45, 7) is 0. The van der Waals surface area contributed by atoms with E-state index in [-0.39, 0.29) is 0 Å². The largest absolute Gasteiger partial charge is 0.474 e. The molecule has 0 bridgehead atoms. The maximum atomic E-state index is 10.2. The zero-order valence-electron chi connectivity index (χ0n) is 6.15. The Morgan fingerprint density at radius 1 is 1.33 bits per heavy atom. The van der Waals surface area contributed by atoms with Gasteiger partial charge in [0.1, 0.15) is 5.75 Å². The minimum atomic E-state index is -1.38. The fourth-order valence-electron chi connectivity index (χ4n) is 0.650. The minimum Gasteiger partial charge on any atom is -0.474 e. The lowest BCUT2D eigenvalue weighted by molar-refractivity contribution is -0.130. The molecule has 0 aliphatic heterocycles. The zero-order valence-corrected chi connectivity index (χ0v) is 6.15. The lowest BCUT2D eigenvalue weighted by Gasteiger charge is -2.00. The summed E-state index contributed by atoms with van der Waals surface area (Å²) < 4.78 is 4.66. The molecule has 0 saturated carbocycles. The molecule has 0 fully saturated rings. The molecule has 0 unspecified atom stereocenters. The first-order valence-electron chi connectivity index (χ1n) is 3.25. The molecular formula is C8H7NO3. The van der Waals surface area contributed by atoms with E-state index in [1.807, 2.05) is 0 Å². The summed E-state index contributed by atoms with van der Waals surface area (Å²) in [5.41, 5.74) is 0. The first-order valence-corrected chi connectivity index (χ1v) is 3.25. The molecule has 0 amide bonds. The van der Waals surface area contributed by atoms with Crippen LogP contribution in [0.4, 0.5) is 0 Å². The predicted octanol–water partition coefficient (Wildman–Crippen LogP) is 1.13. The first-order chi connectivity index (χ1) is 5.70. The number of carbonyl (C=O) groups is 1. The van der Waals surface area contributed by atoms with Crippen molar-refractivity contribution in [1.29, 1.82) is 5.41 Å². The average molecular weight is 165 g/mol. The van der Waals surface area contributed by atoms with E-state index < -0.39 is 11.9 Å². The Hall–Kier alpha value is -1.84. The van der Waals surface area contributed by atoms with E-state index >= 15 is 0 Å². The van der Waals surface area contributed by atoms with E-state index in [0.29, 0.717) is 5.75 Å². The van der Waals surface area contributed by atoms with Gasteiger partial charge in [0, 0.05) is 0 Å². The summed E-state index contributed by atoms with van der Waals surface area (Å²) >= 11 is 0. The van der Waals surface area contributed by atoms with Gasteiger partial charge in [-0.1, -0.05) is 18.2 Å². The van der Waals surface area contributed by atoms with Crippen LogP contribution in [0, 0.1) is 5.41 Å². The van der Waals surface area contributed by atoms with Crippen molar-refractivity contribution in [2.75, 3.05) is 0 Å². The molecule has 1 aromatic rings. The fraction of sp³-hybridized carbons (Fsp3) is 0. The topological polar surface area (TPSA) is 70.4 Å². The van der Waals surface area contributed by atoms with Crippen LogP contribution in [-0.2, 0) is 4.79 Å². The highest BCUT2D eigenvalue weighted by Crippen LogP contribution is 2.08. The second-order valence-electron chi connectivity index (χ2n) is 2.05. The molecular weight excluding hydrogens is 158 g/mol. The minimum absolute atomic E-state index is 0.352. The van der Waals surface area contributed by atoms with E-state index in [1.54, 1.807) is 30.3 Å². The van der Waals surface area contributed by atoms with E-state index in [1.165, 1.54) is 0 Å². The van der Waals surface area contributed by atoms with Crippen molar-refractivity contribution in [2.45, 2.75) is 0 Å². The third-order valence-corrected chi connectivity index (χ3v) is 1.16. The molecule has 1 aromatic carbocycles. The maximum absolute atomic E-state index is 10.2. The first kappa shape index (κ1) is 8.26. The zero-order chi connectivity index (χ0) is 8.97. The Bertz CT molecular complexity index is 294. The fourth-order valence-corrected chi connectivity index (χ4v) is 0.650. The van der Waals surface area contributed by atoms with Gasteiger partial charge in [-0.3, -0.25) is 5.41 Å². The Balaban J connectivity index is 2.65. The molecule has 0 radical (unpaired) electrons. The summed E-state index contributed by atoms with van der Waals surface area (Å²) in [5, 5.41) is 15.2. The predicted molar refractivity (Wildman–Crippen MR) is 42.4 cm³/mol. The van der Waals surface area contributed by atoms with Crippen LogP contribution < -0.4 is 4.74 Å². The van der Waals surface area contributed by atoms with E-state index in [0.717, 1.165) is 0 Å². The highest BCUT2D eigenvalue weighted by molar-refractivity contribution is 6.30. The Kier molecular flexibility index (Phi) is 2.42. The molecule has 4 heteroatoms. The third kappa shape index (κ3) is 2.09. The van der Waals surface area contributed by atoms with Crippen molar-refractivity contribution in [3.63, 3.8) is 0 Å². The SMILES string of the molecule is N=C(Oc1ccccc1)C(=O)O. The molecule has 0 spiro atoms. The Morgan fingerprint density at radius 3 is 2.42 bits per heavy atom. The van der Waals surface area contributed by atoms with Crippen molar-refractivity contribution in [2.24, 2.45) is 0 Å². The van der Waals surface area contributed by atoms with Gasteiger partial charge in [-0.15, -0.1) is 0 Å². The van der Waals surface area contributed by atoms with Gasteiger partial charge in [-0.05, 0) is 12.1 Å². The highest BCUT2D eigenvalue weighted by atomic mass is 16.5. The summed E-state index contributed by atoms with van der Waals surface area (Å²) in [6, 6.07) is 8.33. The number of nitrogens with one attached hydrogen (secondary N) is 1. The van der Waals surface area contributed by atoms with Gasteiger partial charge in [0.25, 0.3) is 5.90 Å². The quantitative estimate of drug-likeness (QED) is 0.484. The molecule has 62 valence electrons. The van der Waals surface area contributed by atoms with Crippen LogP contribution in [0.1, 0.15) is 0 Å². The molecule has 0 atom stereocenters. The van der Waals surface area contributed by atoms with Crippen molar-refractivity contribution in [1.82, 2.24) is 0 Å². The second-order valence-corrected chi connectivity index (χ2v) is 2.05. The van der Waals surface area contributed by atoms with Crippen molar-refractivity contribution in [3.8, 4) is 5.75 Å². The molecule has 0 aliphatic rings. The number of rotatable bonds is 1. The molecule has 0 saturated heterocycles. The maximum Gasteiger partial charge on any atom is 0.391 e. The third-order valence-electron chi connectivity index (χ3n) is 1.16. The Morgan fingerprint density at radius 2 is 1.92 bits per heavy atom. The van der Waals surface area contributed by atoms with Crippen LogP contribution in [-0.4, -0.2) is 17.0 Å². The van der Waals surface area contributed by atoms with Crippen LogP contribution in [0.5, 0.6) is 5.75 Å². The van der Waals surface area contributed by atoms with Gasteiger partial charge >= 0.3 is 5.97 Å². The van der Waals surface area contributed by atoms with Crippen LogP contribution in [0.2, 0.25) is 0 Å². The second kappa shape index (κ2) is 3.52. The van der Waals surface area contributed by atoms with Crippen LogP contribution in [0.3, 0.4) is 0 Å². The molecule has 0 aliphatic carbocycles. The number of aliphatic carboxylic acids is 1. The van der Waals surface area contributed by atoms with Gasteiger partial charge in [0.15, 0.2) is 0 Å². The normalized spacial score (nSPS) is 9.00. The summed E-state index contributed by atoms with van der Waals surface area (Å²) in [5.74, 6) is -1.80. The number of ether oxygens (including phenoxy) is 1. The highest BCUT2D eigenvalue weighted by Gasteiger charge is 2.07. The smallest absolute Gasteiger partial charge is 0.391 e. The van der Waals surface area contributed by atoms with Crippen molar-refractivity contribution < 1.29 is 14.6 Å². The molecule has 2 N–H and O–H groups in total. The van der Waals surface area contributed by atoms with E-state index in [4.69, 9.17) is 10.5 Å².